The molecule has 2 rings (SSSR count). The Morgan fingerprint density at radius 3 is 1.92 bits per heavy atom. The van der Waals surface area contributed by atoms with Crippen molar-refractivity contribution in [3.8, 4) is 11.1 Å². The molecule has 5 nitrogen and oxygen atoms in total. The zero-order valence-corrected chi connectivity index (χ0v) is 14.3. The molecule has 0 aromatic heterocycles. The monoisotopic (exact) mass is 387 g/mol. The van der Waals surface area contributed by atoms with Crippen molar-refractivity contribution in [2.75, 3.05) is 6.61 Å². The van der Waals surface area contributed by atoms with Crippen LogP contribution in [-0.4, -0.2) is 20.9 Å². The first kappa shape index (κ1) is 19.9. The number of nitrogens with two attached hydrogens (primary N) is 1. The number of benzene rings is 2. The standard InChI is InChI=1S/C17H16F3NO4S/c18-17(19,20)14-7-3-12(4-8-14)13-5-9-15(10-6-13)26(23,24)25-11-1-2-16(21)22/h3-10H,1-2,11H2,(H2,21,22). The molecule has 0 atom stereocenters. The molecule has 2 aromatic carbocycles. The van der Waals surface area contributed by atoms with Gasteiger partial charge in [-0.2, -0.15) is 21.6 Å². The fourth-order valence-corrected chi connectivity index (χ4v) is 3.09. The summed E-state index contributed by atoms with van der Waals surface area (Å²) in [5.41, 5.74) is 5.27. The second-order valence-corrected chi connectivity index (χ2v) is 7.06. The molecule has 0 saturated heterocycles. The number of carbonyl (C=O) groups is 1. The van der Waals surface area contributed by atoms with Gasteiger partial charge in [-0.05, 0) is 41.8 Å². The predicted molar refractivity (Wildman–Crippen MR) is 88.4 cm³/mol. The summed E-state index contributed by atoms with van der Waals surface area (Å²) in [6.07, 6.45) is -4.22. The van der Waals surface area contributed by atoms with Crippen LogP contribution in [0.25, 0.3) is 11.1 Å². The summed E-state index contributed by atoms with van der Waals surface area (Å²) in [7, 11) is -3.98. The number of hydrogen-bond acceptors (Lipinski definition) is 4. The predicted octanol–water partition coefficient (Wildman–Crippen LogP) is 3.34. The van der Waals surface area contributed by atoms with E-state index in [4.69, 9.17) is 9.92 Å². The number of rotatable bonds is 7. The third-order valence-corrected chi connectivity index (χ3v) is 4.82. The number of alkyl halides is 3. The summed E-state index contributed by atoms with van der Waals surface area (Å²) in [4.78, 5) is 10.5. The van der Waals surface area contributed by atoms with E-state index >= 15 is 0 Å². The van der Waals surface area contributed by atoms with E-state index < -0.39 is 27.8 Å². The van der Waals surface area contributed by atoms with Crippen molar-refractivity contribution < 1.29 is 30.6 Å². The Labute approximate surface area is 148 Å². The van der Waals surface area contributed by atoms with Crippen molar-refractivity contribution in [2.45, 2.75) is 23.9 Å². The largest absolute Gasteiger partial charge is 0.416 e. The van der Waals surface area contributed by atoms with Gasteiger partial charge in [0.2, 0.25) is 5.91 Å². The summed E-state index contributed by atoms with van der Waals surface area (Å²) >= 11 is 0. The molecule has 0 aliphatic rings. The van der Waals surface area contributed by atoms with Crippen molar-refractivity contribution in [1.82, 2.24) is 0 Å². The molecule has 0 spiro atoms. The van der Waals surface area contributed by atoms with Gasteiger partial charge in [0.05, 0.1) is 17.1 Å². The summed E-state index contributed by atoms with van der Waals surface area (Å²) in [6, 6.07) is 10.1. The van der Waals surface area contributed by atoms with Gasteiger partial charge < -0.3 is 5.73 Å². The molecule has 0 unspecified atom stereocenters. The van der Waals surface area contributed by atoms with Crippen LogP contribution in [0.1, 0.15) is 18.4 Å². The topological polar surface area (TPSA) is 86.5 Å². The van der Waals surface area contributed by atoms with Crippen LogP contribution in [0.2, 0.25) is 0 Å². The summed E-state index contributed by atoms with van der Waals surface area (Å²) in [5.74, 6) is -0.549. The molecule has 0 bridgehead atoms. The first-order valence-corrected chi connectivity index (χ1v) is 8.96. The van der Waals surface area contributed by atoms with Crippen LogP contribution in [0.3, 0.4) is 0 Å². The fraction of sp³-hybridized carbons (Fsp3) is 0.235. The van der Waals surface area contributed by atoms with Gasteiger partial charge in [-0.1, -0.05) is 24.3 Å². The summed E-state index contributed by atoms with van der Waals surface area (Å²) < 4.78 is 66.6. The normalized spacial score (nSPS) is 12.1. The lowest BCUT2D eigenvalue weighted by molar-refractivity contribution is -0.137. The van der Waals surface area contributed by atoms with Crippen LogP contribution in [0.15, 0.2) is 53.4 Å². The van der Waals surface area contributed by atoms with Crippen LogP contribution in [0.5, 0.6) is 0 Å². The SMILES string of the molecule is NC(=O)CCCOS(=O)(=O)c1ccc(-c2ccc(C(F)(F)F)cc2)cc1. The molecule has 9 heteroatoms. The van der Waals surface area contributed by atoms with E-state index in [1.54, 1.807) is 0 Å². The molecule has 0 fully saturated rings. The third-order valence-electron chi connectivity index (χ3n) is 3.49. The van der Waals surface area contributed by atoms with Gasteiger partial charge in [-0.3, -0.25) is 8.98 Å². The molecule has 0 aliphatic heterocycles. The maximum absolute atomic E-state index is 12.6. The lowest BCUT2D eigenvalue weighted by atomic mass is 10.0. The molecule has 26 heavy (non-hydrogen) atoms. The Morgan fingerprint density at radius 1 is 0.962 bits per heavy atom. The Bertz CT molecular complexity index is 860. The van der Waals surface area contributed by atoms with Crippen LogP contribution in [-0.2, 0) is 25.3 Å². The van der Waals surface area contributed by atoms with Gasteiger partial charge in [0, 0.05) is 6.42 Å². The molecule has 1 amide bonds. The number of primary amides is 1. The Kier molecular flexibility index (Phi) is 6.04. The van der Waals surface area contributed by atoms with Crippen molar-refractivity contribution in [1.29, 1.82) is 0 Å². The molecule has 0 radical (unpaired) electrons. The quantitative estimate of drug-likeness (QED) is 0.583. The highest BCUT2D eigenvalue weighted by Gasteiger charge is 2.29. The van der Waals surface area contributed by atoms with Gasteiger partial charge in [0.1, 0.15) is 0 Å². The molecule has 0 saturated carbocycles. The molecular formula is C17H16F3NO4S. The smallest absolute Gasteiger partial charge is 0.370 e. The van der Waals surface area contributed by atoms with Gasteiger partial charge in [0.15, 0.2) is 0 Å². The molecular weight excluding hydrogens is 371 g/mol. The minimum atomic E-state index is -4.41. The van der Waals surface area contributed by atoms with Crippen molar-refractivity contribution in [3.05, 3.63) is 54.1 Å². The summed E-state index contributed by atoms with van der Waals surface area (Å²) in [5, 5.41) is 0. The van der Waals surface area contributed by atoms with Crippen LogP contribution in [0.4, 0.5) is 13.2 Å². The average Bonchev–Trinajstić information content (AvgIpc) is 2.58. The van der Waals surface area contributed by atoms with E-state index in [0.717, 1.165) is 12.1 Å². The van der Waals surface area contributed by atoms with E-state index in [1.807, 2.05) is 0 Å². The summed E-state index contributed by atoms with van der Waals surface area (Å²) in [6.45, 7) is -0.175. The van der Waals surface area contributed by atoms with Crippen LogP contribution >= 0.6 is 0 Å². The van der Waals surface area contributed by atoms with Gasteiger partial charge in [-0.25, -0.2) is 0 Å². The van der Waals surface area contributed by atoms with Crippen molar-refractivity contribution in [3.63, 3.8) is 0 Å². The first-order valence-electron chi connectivity index (χ1n) is 7.55. The molecule has 0 heterocycles. The van der Waals surface area contributed by atoms with Gasteiger partial charge in [-0.15, -0.1) is 0 Å². The Hall–Kier alpha value is -2.39. The highest BCUT2D eigenvalue weighted by atomic mass is 32.2. The Balaban J connectivity index is 2.08. The van der Waals surface area contributed by atoms with Gasteiger partial charge in [0.25, 0.3) is 10.1 Å². The Morgan fingerprint density at radius 2 is 1.46 bits per heavy atom. The second kappa shape index (κ2) is 7.88. The van der Waals surface area contributed by atoms with Crippen molar-refractivity contribution in [2.24, 2.45) is 5.73 Å². The maximum Gasteiger partial charge on any atom is 0.416 e. The highest BCUT2D eigenvalue weighted by Crippen LogP contribution is 2.31. The lowest BCUT2D eigenvalue weighted by Gasteiger charge is -2.09. The van der Waals surface area contributed by atoms with Crippen molar-refractivity contribution >= 4 is 16.0 Å². The molecule has 0 aliphatic carbocycles. The number of halogens is 3. The zero-order chi connectivity index (χ0) is 19.4. The average molecular weight is 387 g/mol. The number of amides is 1. The zero-order valence-electron chi connectivity index (χ0n) is 13.5. The van der Waals surface area contributed by atoms with E-state index in [1.165, 1.54) is 36.4 Å². The van der Waals surface area contributed by atoms with Crippen LogP contribution in [0, 0.1) is 0 Å². The number of carbonyl (C=O) groups excluding carboxylic acids is 1. The minimum absolute atomic E-state index is 0.0162. The van der Waals surface area contributed by atoms with E-state index in [0.29, 0.717) is 11.1 Å². The second-order valence-electron chi connectivity index (χ2n) is 5.45. The minimum Gasteiger partial charge on any atom is -0.370 e. The van der Waals surface area contributed by atoms with E-state index in [-0.39, 0.29) is 24.3 Å². The fourth-order valence-electron chi connectivity index (χ4n) is 2.15. The molecule has 2 aromatic rings. The first-order chi connectivity index (χ1) is 12.1. The third kappa shape index (κ3) is 5.30. The van der Waals surface area contributed by atoms with E-state index in [2.05, 4.69) is 0 Å². The lowest BCUT2D eigenvalue weighted by Crippen LogP contribution is -2.13. The van der Waals surface area contributed by atoms with Gasteiger partial charge >= 0.3 is 6.18 Å². The van der Waals surface area contributed by atoms with Crippen LogP contribution < -0.4 is 5.73 Å². The number of hydrogen-bond donors (Lipinski definition) is 1. The van der Waals surface area contributed by atoms with E-state index in [9.17, 15) is 26.4 Å². The molecule has 2 N–H and O–H groups in total. The highest BCUT2D eigenvalue weighted by molar-refractivity contribution is 7.86. The molecule has 140 valence electrons. The maximum atomic E-state index is 12.6.